The van der Waals surface area contributed by atoms with Gasteiger partial charge >= 0.3 is 5.63 Å². The predicted octanol–water partition coefficient (Wildman–Crippen LogP) is 3.24. The third-order valence-corrected chi connectivity index (χ3v) is 6.35. The first-order valence-corrected chi connectivity index (χ1v) is 13.0. The minimum Gasteiger partial charge on any atom is -0.493 e. The summed E-state index contributed by atoms with van der Waals surface area (Å²) in [6.45, 7) is 7.65. The Morgan fingerprint density at radius 1 is 0.976 bits per heavy atom. The van der Waals surface area contributed by atoms with Crippen LogP contribution >= 0.6 is 0 Å². The van der Waals surface area contributed by atoms with Crippen molar-refractivity contribution in [3.05, 3.63) is 74.5 Å². The number of nitrogen functional groups attached to an aromatic ring is 1. The standard InChI is InChI=1S/C30H30N4O7/c1-15(2)38-21-9-7-17(12-23(21)36-5)11-20-29(35)40-27-19(14-31)25(26-28(34(20)27)41-30(32)33-26)18-8-10-22(39-16(3)4)24(13-18)37-6/h7-13,15-16,25H,1-6H3,(H2,32,33)/b20-11-/t25-/m0/s1. The molecule has 11 heteroatoms. The van der Waals surface area contributed by atoms with Crippen molar-refractivity contribution in [2.45, 2.75) is 45.8 Å². The molecular weight excluding hydrogens is 528 g/mol. The highest BCUT2D eigenvalue weighted by Crippen LogP contribution is 2.41. The second-order valence-electron chi connectivity index (χ2n) is 9.91. The maximum absolute atomic E-state index is 13.2. The van der Waals surface area contributed by atoms with Crippen LogP contribution in [0.2, 0.25) is 0 Å². The number of nitrogens with zero attached hydrogens (tertiary/aromatic N) is 3. The summed E-state index contributed by atoms with van der Waals surface area (Å²) in [4.78, 5) is 17.6. The largest absolute Gasteiger partial charge is 0.493 e. The van der Waals surface area contributed by atoms with Crippen LogP contribution in [-0.2, 0) is 0 Å². The Morgan fingerprint density at radius 3 is 2.22 bits per heavy atom. The van der Waals surface area contributed by atoms with E-state index in [1.165, 1.54) is 18.8 Å². The van der Waals surface area contributed by atoms with Crippen LogP contribution in [0.5, 0.6) is 23.0 Å². The predicted molar refractivity (Wildman–Crippen MR) is 150 cm³/mol. The van der Waals surface area contributed by atoms with Gasteiger partial charge in [-0.25, -0.2) is 9.36 Å². The van der Waals surface area contributed by atoms with E-state index in [9.17, 15) is 10.1 Å². The van der Waals surface area contributed by atoms with E-state index in [0.29, 0.717) is 39.8 Å². The second-order valence-corrected chi connectivity index (χ2v) is 9.91. The molecule has 2 N–H and O–H groups in total. The third-order valence-electron chi connectivity index (χ3n) is 6.35. The smallest absolute Gasteiger partial charge is 0.362 e. The van der Waals surface area contributed by atoms with Gasteiger partial charge in [-0.05, 0) is 69.2 Å². The van der Waals surface area contributed by atoms with Gasteiger partial charge < -0.3 is 33.5 Å². The fourth-order valence-corrected chi connectivity index (χ4v) is 4.77. The fourth-order valence-electron chi connectivity index (χ4n) is 4.77. The number of nitriles is 1. The number of anilines is 1. The maximum Gasteiger partial charge on any atom is 0.362 e. The van der Waals surface area contributed by atoms with Gasteiger partial charge in [0.2, 0.25) is 11.4 Å². The van der Waals surface area contributed by atoms with Crippen molar-refractivity contribution in [2.24, 2.45) is 0 Å². The average Bonchev–Trinajstić information content (AvgIpc) is 3.47. The lowest BCUT2D eigenvalue weighted by atomic mass is 9.87. The van der Waals surface area contributed by atoms with Crippen molar-refractivity contribution >= 4 is 17.7 Å². The van der Waals surface area contributed by atoms with Crippen LogP contribution in [0, 0.1) is 11.3 Å². The van der Waals surface area contributed by atoms with Gasteiger partial charge in [-0.1, -0.05) is 12.1 Å². The summed E-state index contributed by atoms with van der Waals surface area (Å²) >= 11 is 0. The van der Waals surface area contributed by atoms with E-state index in [1.54, 1.807) is 42.5 Å². The Kier molecular flexibility index (Phi) is 7.24. The van der Waals surface area contributed by atoms with Gasteiger partial charge in [0.25, 0.3) is 6.01 Å². The lowest BCUT2D eigenvalue weighted by molar-refractivity contribution is 0.230. The zero-order valence-electron chi connectivity index (χ0n) is 23.6. The molecule has 2 aromatic carbocycles. The van der Waals surface area contributed by atoms with Crippen LogP contribution in [-0.4, -0.2) is 36.0 Å². The highest BCUT2D eigenvalue weighted by Gasteiger charge is 2.36. The quantitative estimate of drug-likeness (QED) is 0.342. The second kappa shape index (κ2) is 10.8. The lowest BCUT2D eigenvalue weighted by Crippen LogP contribution is -2.35. The summed E-state index contributed by atoms with van der Waals surface area (Å²) in [7, 11) is 3.07. The van der Waals surface area contributed by atoms with Gasteiger partial charge in [0, 0.05) is 0 Å². The Labute approximate surface area is 235 Å². The molecule has 0 radical (unpaired) electrons. The minimum atomic E-state index is -0.746. The van der Waals surface area contributed by atoms with Gasteiger partial charge in [-0.2, -0.15) is 10.2 Å². The maximum atomic E-state index is 13.2. The van der Waals surface area contributed by atoms with E-state index in [1.807, 2.05) is 27.7 Å². The molecule has 0 saturated carbocycles. The molecule has 0 aliphatic carbocycles. The normalized spacial score (nSPS) is 14.6. The van der Waals surface area contributed by atoms with Crippen molar-refractivity contribution in [2.75, 3.05) is 20.0 Å². The molecule has 2 aromatic heterocycles. The summed E-state index contributed by atoms with van der Waals surface area (Å²) in [6, 6.07) is 12.7. The van der Waals surface area contributed by atoms with E-state index < -0.39 is 11.5 Å². The minimum absolute atomic E-state index is 0.0191. The molecule has 1 atom stereocenters. The number of fused-ring (bicyclic) bond motifs is 3. The highest BCUT2D eigenvalue weighted by atomic mass is 16.5. The number of benzene rings is 2. The number of nitrogens with two attached hydrogens (primary N) is 1. The van der Waals surface area contributed by atoms with Crippen LogP contribution in [0.1, 0.15) is 50.4 Å². The lowest BCUT2D eigenvalue weighted by Gasteiger charge is -2.21. The molecule has 41 heavy (non-hydrogen) atoms. The van der Waals surface area contributed by atoms with E-state index >= 15 is 0 Å². The molecule has 11 nitrogen and oxygen atoms in total. The molecule has 0 unspecified atom stereocenters. The summed E-state index contributed by atoms with van der Waals surface area (Å²) in [5, 5.41) is 10.4. The van der Waals surface area contributed by atoms with Crippen LogP contribution < -0.4 is 41.2 Å². The molecular formula is C30H30N4O7. The first kappa shape index (κ1) is 27.5. The van der Waals surface area contributed by atoms with Crippen molar-refractivity contribution in [3.63, 3.8) is 0 Å². The molecule has 5 rings (SSSR count). The van der Waals surface area contributed by atoms with Gasteiger partial charge in [0.05, 0.1) is 32.3 Å². The molecule has 0 fully saturated rings. The highest BCUT2D eigenvalue weighted by molar-refractivity contribution is 5.73. The zero-order valence-corrected chi connectivity index (χ0v) is 23.6. The average molecular weight is 559 g/mol. The Bertz CT molecular complexity index is 1840. The topological polar surface area (TPSA) is 148 Å². The number of methoxy groups -OCH3 is 2. The molecule has 212 valence electrons. The first-order chi connectivity index (χ1) is 19.6. The molecule has 4 aromatic rings. The SMILES string of the molecule is COc1cc(/C=c2/c(=O)oc3n2-c2oc(N)nc2[C@@H](c2ccc(OC(C)C)c(OC)c2)C=3C#N)ccc1OC(C)C. The van der Waals surface area contributed by atoms with E-state index in [0.717, 1.165) is 0 Å². The van der Waals surface area contributed by atoms with Crippen molar-refractivity contribution in [3.8, 4) is 35.0 Å². The Hall–Kier alpha value is -5.11. The third kappa shape index (κ3) is 5.00. The number of rotatable bonds is 8. The molecule has 3 heterocycles. The van der Waals surface area contributed by atoms with Crippen LogP contribution in [0.3, 0.4) is 0 Å². The number of hydrogen-bond donors (Lipinski definition) is 1. The van der Waals surface area contributed by atoms with Crippen LogP contribution in [0.15, 0.2) is 50.0 Å². The molecule has 0 saturated heterocycles. The number of aromatic nitrogens is 2. The Balaban J connectivity index is 1.73. The van der Waals surface area contributed by atoms with E-state index in [2.05, 4.69) is 11.1 Å². The number of ether oxygens (including phenoxy) is 4. The van der Waals surface area contributed by atoms with Gasteiger partial charge in [0.15, 0.2) is 23.0 Å². The van der Waals surface area contributed by atoms with Crippen molar-refractivity contribution < 1.29 is 27.8 Å². The Morgan fingerprint density at radius 2 is 1.61 bits per heavy atom. The summed E-state index contributed by atoms with van der Waals surface area (Å²) in [6.07, 6.45) is 1.49. The summed E-state index contributed by atoms with van der Waals surface area (Å²) in [5.41, 5.74) is 7.13. The molecule has 0 amide bonds. The molecule has 1 aliphatic heterocycles. The summed E-state index contributed by atoms with van der Waals surface area (Å²) < 4.78 is 35.6. The first-order valence-electron chi connectivity index (χ1n) is 13.0. The van der Waals surface area contributed by atoms with Gasteiger partial charge in [-0.15, -0.1) is 0 Å². The zero-order chi connectivity index (χ0) is 29.4. The number of oxazole rings is 2. The fraction of sp³-hybridized carbons (Fsp3) is 0.300. The molecule has 1 aliphatic rings. The van der Waals surface area contributed by atoms with Gasteiger partial charge in [-0.3, -0.25) is 0 Å². The molecule has 0 bridgehead atoms. The van der Waals surface area contributed by atoms with Crippen molar-refractivity contribution in [1.82, 2.24) is 9.55 Å². The van der Waals surface area contributed by atoms with E-state index in [4.69, 9.17) is 33.5 Å². The number of hydrogen-bond acceptors (Lipinski definition) is 10. The van der Waals surface area contributed by atoms with Crippen molar-refractivity contribution in [1.29, 1.82) is 5.26 Å². The van der Waals surface area contributed by atoms with Crippen LogP contribution in [0.4, 0.5) is 6.01 Å². The molecule has 0 spiro atoms. The van der Waals surface area contributed by atoms with E-state index in [-0.39, 0.29) is 40.6 Å². The van der Waals surface area contributed by atoms with Crippen LogP contribution in [0.25, 0.3) is 17.5 Å². The summed E-state index contributed by atoms with van der Waals surface area (Å²) in [5.74, 6) is 1.51. The van der Waals surface area contributed by atoms with Gasteiger partial charge in [0.1, 0.15) is 22.7 Å². The monoisotopic (exact) mass is 558 g/mol.